The summed E-state index contributed by atoms with van der Waals surface area (Å²) in [5, 5.41) is 5.85. The van der Waals surface area contributed by atoms with Crippen LogP contribution in [0.5, 0.6) is 5.75 Å². The zero-order chi connectivity index (χ0) is 22.5. The molecule has 0 aliphatic carbocycles. The van der Waals surface area contributed by atoms with Crippen LogP contribution in [-0.4, -0.2) is 28.0 Å². The van der Waals surface area contributed by atoms with Gasteiger partial charge in [-0.05, 0) is 62.2 Å². The SMILES string of the molecule is CCOc1ccc(NC(=O)CC(=O)Nc2ccc3nc4n(c(=O)c3c2)CCCCC4)cc1. The van der Waals surface area contributed by atoms with E-state index >= 15 is 0 Å². The third kappa shape index (κ3) is 4.96. The summed E-state index contributed by atoms with van der Waals surface area (Å²) in [7, 11) is 0. The third-order valence-electron chi connectivity index (χ3n) is 5.37. The summed E-state index contributed by atoms with van der Waals surface area (Å²) in [6.07, 6.45) is 3.53. The van der Waals surface area contributed by atoms with Gasteiger partial charge in [0.25, 0.3) is 5.56 Å². The molecule has 0 saturated heterocycles. The predicted molar refractivity (Wildman–Crippen MR) is 123 cm³/mol. The number of carbonyl (C=O) groups is 2. The second-order valence-corrected chi connectivity index (χ2v) is 7.76. The Morgan fingerprint density at radius 1 is 1.00 bits per heavy atom. The Morgan fingerprint density at radius 2 is 1.72 bits per heavy atom. The van der Waals surface area contributed by atoms with Crippen LogP contribution in [0.4, 0.5) is 11.4 Å². The van der Waals surface area contributed by atoms with E-state index in [2.05, 4.69) is 15.6 Å². The van der Waals surface area contributed by atoms with Crippen LogP contribution in [0, 0.1) is 0 Å². The van der Waals surface area contributed by atoms with Crippen molar-refractivity contribution in [2.45, 2.75) is 45.6 Å². The molecule has 3 aromatic rings. The number of hydrogen-bond acceptors (Lipinski definition) is 5. The van der Waals surface area contributed by atoms with E-state index in [0.29, 0.717) is 41.2 Å². The molecule has 0 bridgehead atoms. The van der Waals surface area contributed by atoms with E-state index in [-0.39, 0.29) is 12.0 Å². The molecule has 166 valence electrons. The maximum absolute atomic E-state index is 12.9. The van der Waals surface area contributed by atoms with Crippen molar-refractivity contribution in [3.63, 3.8) is 0 Å². The molecular weight excluding hydrogens is 408 g/mol. The standard InChI is InChI=1S/C24H26N4O4/c1-2-32-18-10-7-16(8-11-18)25-22(29)15-23(30)26-17-9-12-20-19(14-17)24(31)28-13-5-3-4-6-21(28)27-20/h7-12,14H,2-6,13,15H2,1H3,(H,25,29)(H,26,30). The summed E-state index contributed by atoms with van der Waals surface area (Å²) >= 11 is 0. The van der Waals surface area contributed by atoms with Crippen LogP contribution in [-0.2, 0) is 22.6 Å². The van der Waals surface area contributed by atoms with Gasteiger partial charge in [0.2, 0.25) is 11.8 Å². The average molecular weight is 434 g/mol. The van der Waals surface area contributed by atoms with Crippen LogP contribution in [0.1, 0.15) is 38.4 Å². The van der Waals surface area contributed by atoms with Gasteiger partial charge in [0.1, 0.15) is 18.0 Å². The van der Waals surface area contributed by atoms with Gasteiger partial charge in [-0.15, -0.1) is 0 Å². The van der Waals surface area contributed by atoms with Crippen LogP contribution >= 0.6 is 0 Å². The first-order valence-electron chi connectivity index (χ1n) is 10.9. The molecule has 2 heterocycles. The minimum atomic E-state index is -0.462. The highest BCUT2D eigenvalue weighted by atomic mass is 16.5. The fraction of sp³-hybridized carbons (Fsp3) is 0.333. The molecule has 0 fully saturated rings. The fourth-order valence-electron chi connectivity index (χ4n) is 3.85. The molecule has 4 rings (SSSR count). The summed E-state index contributed by atoms with van der Waals surface area (Å²) in [6, 6.07) is 12.0. The molecule has 1 aromatic heterocycles. The zero-order valence-electron chi connectivity index (χ0n) is 18.0. The van der Waals surface area contributed by atoms with Gasteiger partial charge in [-0.3, -0.25) is 19.0 Å². The monoisotopic (exact) mass is 434 g/mol. The molecule has 0 radical (unpaired) electrons. The largest absolute Gasteiger partial charge is 0.494 e. The van der Waals surface area contributed by atoms with Crippen molar-refractivity contribution in [3.05, 3.63) is 58.6 Å². The molecule has 0 spiro atoms. The Labute approximate surface area is 185 Å². The molecule has 8 heteroatoms. The van der Waals surface area contributed by atoms with Gasteiger partial charge in [-0.25, -0.2) is 4.98 Å². The summed E-state index contributed by atoms with van der Waals surface area (Å²) in [5.41, 5.74) is 1.58. The van der Waals surface area contributed by atoms with E-state index in [1.807, 2.05) is 6.92 Å². The number of ether oxygens (including phenoxy) is 1. The third-order valence-corrected chi connectivity index (χ3v) is 5.37. The van der Waals surface area contributed by atoms with Crippen molar-refractivity contribution in [2.24, 2.45) is 0 Å². The smallest absolute Gasteiger partial charge is 0.261 e. The average Bonchev–Trinajstić information content (AvgIpc) is 3.01. The number of nitrogens with one attached hydrogen (secondary N) is 2. The first-order valence-corrected chi connectivity index (χ1v) is 10.9. The van der Waals surface area contributed by atoms with Crippen LogP contribution in [0.3, 0.4) is 0 Å². The van der Waals surface area contributed by atoms with Crippen molar-refractivity contribution in [1.82, 2.24) is 9.55 Å². The van der Waals surface area contributed by atoms with E-state index < -0.39 is 11.8 Å². The van der Waals surface area contributed by atoms with Crippen LogP contribution in [0.2, 0.25) is 0 Å². The highest BCUT2D eigenvalue weighted by Crippen LogP contribution is 2.19. The molecule has 2 N–H and O–H groups in total. The number of amides is 2. The van der Waals surface area contributed by atoms with Crippen LogP contribution in [0.25, 0.3) is 10.9 Å². The molecular formula is C24H26N4O4. The van der Waals surface area contributed by atoms with E-state index in [4.69, 9.17) is 4.74 Å². The van der Waals surface area contributed by atoms with Gasteiger partial charge < -0.3 is 15.4 Å². The Balaban J connectivity index is 1.42. The summed E-state index contributed by atoms with van der Waals surface area (Å²) in [4.78, 5) is 42.2. The van der Waals surface area contributed by atoms with E-state index in [9.17, 15) is 14.4 Å². The molecule has 0 atom stereocenters. The number of aromatic nitrogens is 2. The van der Waals surface area contributed by atoms with Gasteiger partial charge in [-0.1, -0.05) is 6.42 Å². The molecule has 2 aromatic carbocycles. The van der Waals surface area contributed by atoms with Crippen molar-refractivity contribution in [3.8, 4) is 5.75 Å². The van der Waals surface area contributed by atoms with E-state index in [1.54, 1.807) is 47.0 Å². The molecule has 8 nitrogen and oxygen atoms in total. The molecule has 0 saturated carbocycles. The number of hydrogen-bond donors (Lipinski definition) is 2. The lowest BCUT2D eigenvalue weighted by atomic mass is 10.2. The van der Waals surface area contributed by atoms with Gasteiger partial charge >= 0.3 is 0 Å². The van der Waals surface area contributed by atoms with Crippen LogP contribution in [0.15, 0.2) is 47.3 Å². The van der Waals surface area contributed by atoms with Gasteiger partial charge in [-0.2, -0.15) is 0 Å². The number of fused-ring (bicyclic) bond motifs is 2. The van der Waals surface area contributed by atoms with Crippen molar-refractivity contribution in [2.75, 3.05) is 17.2 Å². The Bertz CT molecular complexity index is 1200. The topological polar surface area (TPSA) is 102 Å². The number of rotatable bonds is 6. The Hall–Kier alpha value is -3.68. The normalized spacial score (nSPS) is 13.2. The summed E-state index contributed by atoms with van der Waals surface area (Å²) < 4.78 is 7.11. The summed E-state index contributed by atoms with van der Waals surface area (Å²) in [5.74, 6) is 0.639. The van der Waals surface area contributed by atoms with Crippen molar-refractivity contribution in [1.29, 1.82) is 0 Å². The first-order chi connectivity index (χ1) is 15.5. The quantitative estimate of drug-likeness (QED) is 0.578. The highest BCUT2D eigenvalue weighted by Gasteiger charge is 2.15. The lowest BCUT2D eigenvalue weighted by Crippen LogP contribution is -2.25. The highest BCUT2D eigenvalue weighted by molar-refractivity contribution is 6.08. The van der Waals surface area contributed by atoms with Gasteiger partial charge in [0.05, 0.1) is 17.5 Å². The first kappa shape index (κ1) is 21.5. The van der Waals surface area contributed by atoms with Gasteiger partial charge in [0, 0.05) is 24.3 Å². The number of nitrogens with zero attached hydrogens (tertiary/aromatic N) is 2. The Kier molecular flexibility index (Phi) is 6.49. The maximum Gasteiger partial charge on any atom is 0.261 e. The molecule has 1 aliphatic heterocycles. The summed E-state index contributed by atoms with van der Waals surface area (Å²) in [6.45, 7) is 3.12. The number of carbonyl (C=O) groups excluding carboxylic acids is 2. The fourth-order valence-corrected chi connectivity index (χ4v) is 3.85. The minimum absolute atomic E-state index is 0.0868. The zero-order valence-corrected chi connectivity index (χ0v) is 18.0. The number of aryl methyl sites for hydroxylation is 1. The Morgan fingerprint density at radius 3 is 2.47 bits per heavy atom. The van der Waals surface area contributed by atoms with Gasteiger partial charge in [0.15, 0.2) is 0 Å². The molecule has 2 amide bonds. The number of anilines is 2. The lowest BCUT2D eigenvalue weighted by molar-refractivity contribution is -0.123. The van der Waals surface area contributed by atoms with Crippen molar-refractivity contribution < 1.29 is 14.3 Å². The molecule has 32 heavy (non-hydrogen) atoms. The molecule has 0 unspecified atom stereocenters. The van der Waals surface area contributed by atoms with E-state index in [0.717, 1.165) is 31.5 Å². The molecule has 1 aliphatic rings. The van der Waals surface area contributed by atoms with Crippen LogP contribution < -0.4 is 20.9 Å². The second kappa shape index (κ2) is 9.64. The number of benzene rings is 2. The van der Waals surface area contributed by atoms with Crippen molar-refractivity contribution >= 4 is 34.1 Å². The lowest BCUT2D eigenvalue weighted by Gasteiger charge is -2.11. The maximum atomic E-state index is 12.9. The second-order valence-electron chi connectivity index (χ2n) is 7.76. The van der Waals surface area contributed by atoms with E-state index in [1.165, 1.54) is 0 Å². The predicted octanol–water partition coefficient (Wildman–Crippen LogP) is 3.49. The minimum Gasteiger partial charge on any atom is -0.494 e.